The fourth-order valence-electron chi connectivity index (χ4n) is 1.87. The molecule has 0 aliphatic heterocycles. The van der Waals surface area contributed by atoms with Crippen LogP contribution >= 0.6 is 31.9 Å². The van der Waals surface area contributed by atoms with Gasteiger partial charge in [-0.2, -0.15) is 0 Å². The van der Waals surface area contributed by atoms with Crippen LogP contribution in [-0.4, -0.2) is 33.7 Å². The zero-order chi connectivity index (χ0) is 17.9. The third-order valence-electron chi connectivity index (χ3n) is 3.01. The summed E-state index contributed by atoms with van der Waals surface area (Å²) in [5.41, 5.74) is -0.935. The van der Waals surface area contributed by atoms with E-state index in [1.54, 1.807) is 0 Å². The van der Waals surface area contributed by atoms with Crippen LogP contribution in [0.3, 0.4) is 0 Å². The van der Waals surface area contributed by atoms with Crippen LogP contribution in [0.15, 0.2) is 12.1 Å². The Hall–Kier alpha value is -1.42. The molecule has 0 aliphatic carbocycles. The van der Waals surface area contributed by atoms with Crippen molar-refractivity contribution in [2.24, 2.45) is 0 Å². The summed E-state index contributed by atoms with van der Waals surface area (Å²) in [5, 5.41) is 24.1. The third kappa shape index (κ3) is 6.23. The van der Waals surface area contributed by atoms with Crippen LogP contribution in [0.5, 0.6) is 11.5 Å². The lowest BCUT2D eigenvalue weighted by Gasteiger charge is -2.11. The smallest absolute Gasteiger partial charge is 0.359 e. The van der Waals surface area contributed by atoms with E-state index >= 15 is 0 Å². The van der Waals surface area contributed by atoms with E-state index in [1.165, 1.54) is 12.1 Å². The first-order chi connectivity index (χ1) is 11.5. The molecule has 134 valence electrons. The van der Waals surface area contributed by atoms with Gasteiger partial charge in [0.25, 0.3) is 5.75 Å². The largest absolute Gasteiger partial charge is 0.487 e. The second-order valence-electron chi connectivity index (χ2n) is 4.76. The number of nitro benzene ring substituents is 2. The number of alkyl halides is 2. The average Bonchev–Trinajstić information content (AvgIpc) is 2.54. The summed E-state index contributed by atoms with van der Waals surface area (Å²) >= 11 is 6.56. The number of rotatable bonds is 12. The van der Waals surface area contributed by atoms with Gasteiger partial charge < -0.3 is 9.47 Å². The van der Waals surface area contributed by atoms with Gasteiger partial charge in [-0.1, -0.05) is 31.9 Å². The van der Waals surface area contributed by atoms with Crippen molar-refractivity contribution in [2.75, 3.05) is 23.9 Å². The highest BCUT2D eigenvalue weighted by molar-refractivity contribution is 9.09. The lowest BCUT2D eigenvalue weighted by atomic mass is 10.2. The Morgan fingerprint density at radius 1 is 0.875 bits per heavy atom. The maximum atomic E-state index is 11.4. The highest BCUT2D eigenvalue weighted by Gasteiger charge is 2.32. The number of benzene rings is 1. The van der Waals surface area contributed by atoms with Gasteiger partial charge in [-0.3, -0.25) is 20.2 Å². The number of halogens is 2. The lowest BCUT2D eigenvalue weighted by molar-refractivity contribution is -0.396. The van der Waals surface area contributed by atoms with Crippen molar-refractivity contribution in [3.05, 3.63) is 32.4 Å². The van der Waals surface area contributed by atoms with Crippen LogP contribution < -0.4 is 9.47 Å². The summed E-state index contributed by atoms with van der Waals surface area (Å²) in [5.74, 6) is -0.367. The Morgan fingerprint density at radius 2 is 1.46 bits per heavy atom. The number of unbranched alkanes of at least 4 members (excludes halogenated alkanes) is 2. The van der Waals surface area contributed by atoms with Gasteiger partial charge in [0, 0.05) is 16.7 Å². The van der Waals surface area contributed by atoms with Gasteiger partial charge in [0.1, 0.15) is 0 Å². The predicted molar refractivity (Wildman–Crippen MR) is 96.8 cm³/mol. The summed E-state index contributed by atoms with van der Waals surface area (Å²) in [4.78, 5) is 21.2. The number of ether oxygens (including phenoxy) is 2. The highest BCUT2D eigenvalue weighted by Crippen LogP contribution is 2.43. The summed E-state index contributed by atoms with van der Waals surface area (Å²) in [6.07, 6.45) is 2.98. The first-order valence-corrected chi connectivity index (χ1v) is 9.60. The number of hydrogen-bond acceptors (Lipinski definition) is 6. The highest BCUT2D eigenvalue weighted by atomic mass is 79.9. The molecule has 10 heteroatoms. The predicted octanol–water partition coefficient (Wildman–Crippen LogP) is 4.61. The third-order valence-corrected chi connectivity index (χ3v) is 4.13. The number of nitro groups is 2. The fraction of sp³-hybridized carbons (Fsp3) is 0.571. The minimum Gasteiger partial charge on any atom is -0.487 e. The zero-order valence-electron chi connectivity index (χ0n) is 12.9. The van der Waals surface area contributed by atoms with Crippen molar-refractivity contribution in [2.45, 2.75) is 25.7 Å². The molecule has 0 radical (unpaired) electrons. The molecule has 1 aromatic carbocycles. The minimum absolute atomic E-state index is 0.0179. The van der Waals surface area contributed by atoms with Crippen molar-refractivity contribution >= 4 is 43.2 Å². The molecule has 1 rings (SSSR count). The molecule has 0 amide bonds. The van der Waals surface area contributed by atoms with E-state index in [-0.39, 0.29) is 24.7 Å². The van der Waals surface area contributed by atoms with Gasteiger partial charge in [-0.15, -0.1) is 0 Å². The van der Waals surface area contributed by atoms with E-state index in [0.29, 0.717) is 12.8 Å². The molecule has 0 heterocycles. The van der Waals surface area contributed by atoms with Crippen LogP contribution in [0, 0.1) is 20.2 Å². The molecule has 0 unspecified atom stereocenters. The van der Waals surface area contributed by atoms with Gasteiger partial charge in [0.05, 0.1) is 23.1 Å². The van der Waals surface area contributed by atoms with Crippen molar-refractivity contribution in [3.63, 3.8) is 0 Å². The van der Waals surface area contributed by atoms with Crippen LogP contribution in [0.1, 0.15) is 25.7 Å². The molecular formula is C14H18Br2N2O6. The molecule has 0 aliphatic rings. The second kappa shape index (κ2) is 11.2. The molecule has 0 N–H and O–H groups in total. The number of hydrogen-bond donors (Lipinski definition) is 0. The van der Waals surface area contributed by atoms with E-state index in [0.717, 1.165) is 23.5 Å². The van der Waals surface area contributed by atoms with Crippen LogP contribution in [0.25, 0.3) is 0 Å². The maximum Gasteiger partial charge on any atom is 0.359 e. The Bertz CT molecular complexity index is 570. The molecule has 1 aromatic rings. The van der Waals surface area contributed by atoms with Gasteiger partial charge in [-0.05, 0) is 31.7 Å². The van der Waals surface area contributed by atoms with Gasteiger partial charge in [0.15, 0.2) is 0 Å². The van der Waals surface area contributed by atoms with E-state index < -0.39 is 21.2 Å². The molecule has 0 aromatic heterocycles. The Balaban J connectivity index is 3.07. The minimum atomic E-state index is -0.702. The van der Waals surface area contributed by atoms with Crippen LogP contribution in [0.2, 0.25) is 0 Å². The molecular weight excluding hydrogens is 452 g/mol. The Kier molecular flexibility index (Phi) is 9.62. The van der Waals surface area contributed by atoms with Crippen molar-refractivity contribution in [1.29, 1.82) is 0 Å². The molecule has 0 saturated heterocycles. The van der Waals surface area contributed by atoms with E-state index in [9.17, 15) is 20.2 Å². The molecule has 0 atom stereocenters. The summed E-state index contributed by atoms with van der Waals surface area (Å²) < 4.78 is 10.8. The van der Waals surface area contributed by atoms with Crippen molar-refractivity contribution in [3.8, 4) is 11.5 Å². The van der Waals surface area contributed by atoms with Crippen LogP contribution in [0.4, 0.5) is 11.4 Å². The van der Waals surface area contributed by atoms with Crippen LogP contribution in [-0.2, 0) is 0 Å². The lowest BCUT2D eigenvalue weighted by Crippen LogP contribution is -2.07. The molecule has 8 nitrogen and oxygen atoms in total. The van der Waals surface area contributed by atoms with Crippen molar-refractivity contribution in [1.82, 2.24) is 0 Å². The fourth-order valence-corrected chi connectivity index (χ4v) is 2.66. The molecule has 24 heavy (non-hydrogen) atoms. The normalized spacial score (nSPS) is 10.4. The van der Waals surface area contributed by atoms with Crippen molar-refractivity contribution < 1.29 is 19.3 Å². The van der Waals surface area contributed by atoms with E-state index in [1.807, 2.05) is 0 Å². The summed E-state index contributed by atoms with van der Waals surface area (Å²) in [7, 11) is 0. The van der Waals surface area contributed by atoms with Gasteiger partial charge in [0.2, 0.25) is 5.75 Å². The Labute approximate surface area is 156 Å². The van der Waals surface area contributed by atoms with E-state index in [4.69, 9.17) is 9.47 Å². The first kappa shape index (κ1) is 20.6. The quantitative estimate of drug-likeness (QED) is 0.191. The number of nitrogens with zero attached hydrogens (tertiary/aromatic N) is 2. The first-order valence-electron chi connectivity index (χ1n) is 7.36. The topological polar surface area (TPSA) is 105 Å². The molecule has 0 bridgehead atoms. The zero-order valence-corrected chi connectivity index (χ0v) is 16.1. The average molecular weight is 470 g/mol. The second-order valence-corrected chi connectivity index (χ2v) is 6.35. The Morgan fingerprint density at radius 3 is 1.96 bits per heavy atom. The molecule has 0 saturated carbocycles. The molecule has 0 spiro atoms. The summed E-state index contributed by atoms with van der Waals surface area (Å²) in [6.45, 7) is 0.438. The monoisotopic (exact) mass is 468 g/mol. The van der Waals surface area contributed by atoms with Gasteiger partial charge in [-0.25, -0.2) is 0 Å². The standard InChI is InChI=1S/C14H18Br2N2O6/c15-7-1-3-9-23-12-6-5-11(17(19)20)14(13(12)18(21)22)24-10-4-2-8-16/h5-6H,1-4,7-10H2. The van der Waals surface area contributed by atoms with Gasteiger partial charge >= 0.3 is 11.4 Å². The van der Waals surface area contributed by atoms with E-state index in [2.05, 4.69) is 31.9 Å². The molecule has 0 fully saturated rings. The summed E-state index contributed by atoms with van der Waals surface area (Å²) in [6, 6.07) is 2.42. The maximum absolute atomic E-state index is 11.4. The SMILES string of the molecule is O=[N+]([O-])c1ccc(OCCCCBr)c([N+](=O)[O-])c1OCCCCBr.